The molecule has 2 atom stereocenters. The Bertz CT molecular complexity index is 1180. The number of aromatic nitrogens is 2. The average molecular weight is 530 g/mol. The van der Waals surface area contributed by atoms with Crippen LogP contribution in [0.2, 0.25) is 0 Å². The minimum atomic E-state index is -6.25. The number of alkyl halides is 9. The van der Waals surface area contributed by atoms with Crippen molar-refractivity contribution in [1.29, 1.82) is 0 Å². The number of nitrogens with one attached hydrogen (secondary N) is 1. The Hall–Kier alpha value is -3.33. The van der Waals surface area contributed by atoms with Crippen molar-refractivity contribution in [3.63, 3.8) is 0 Å². The standard InChI is InChI=1S/C20H15F9N4O3/c21-13(22)15-32-31-14(36-15)8-1-2-9-7-33(16(34)10(9)5-8)12-3-4-18(23,24)6-11(12)30-17(35)19(25,26)20(27,28)29/h1-2,5,11-13H,3-4,6-7H2,(H,30,35)/t11-,12+/m0/s1. The van der Waals surface area contributed by atoms with Crippen LogP contribution in [-0.2, 0) is 11.3 Å². The molecule has 1 aromatic heterocycles. The highest BCUT2D eigenvalue weighted by molar-refractivity contribution is 5.99. The SMILES string of the molecule is O=C1c2cc(-c3nnc(C(F)F)o3)ccc2CN1[C@@H]1CCC(F)(F)C[C@@H]1NC(=O)C(F)(F)C(F)(F)F. The first-order valence-corrected chi connectivity index (χ1v) is 10.3. The number of rotatable bonds is 5. The molecule has 0 spiro atoms. The average Bonchev–Trinajstić information content (AvgIpc) is 3.38. The van der Waals surface area contributed by atoms with E-state index in [1.54, 1.807) is 0 Å². The summed E-state index contributed by atoms with van der Waals surface area (Å²) in [6.45, 7) is -0.223. The van der Waals surface area contributed by atoms with Gasteiger partial charge in [0.2, 0.25) is 11.8 Å². The predicted molar refractivity (Wildman–Crippen MR) is 100 cm³/mol. The van der Waals surface area contributed by atoms with E-state index in [1.165, 1.54) is 23.5 Å². The monoisotopic (exact) mass is 530 g/mol. The molecule has 1 saturated carbocycles. The molecule has 0 radical (unpaired) electrons. The van der Waals surface area contributed by atoms with Gasteiger partial charge in [-0.3, -0.25) is 9.59 Å². The van der Waals surface area contributed by atoms with Crippen LogP contribution in [0, 0.1) is 0 Å². The topological polar surface area (TPSA) is 88.3 Å². The molecule has 2 heterocycles. The summed E-state index contributed by atoms with van der Waals surface area (Å²) in [5.41, 5.74) is 0.390. The first-order valence-electron chi connectivity index (χ1n) is 10.3. The largest absolute Gasteiger partial charge is 0.463 e. The van der Waals surface area contributed by atoms with Gasteiger partial charge in [0, 0.05) is 30.5 Å². The Morgan fingerprint density at radius 1 is 1.17 bits per heavy atom. The van der Waals surface area contributed by atoms with Crippen LogP contribution in [0.25, 0.3) is 11.5 Å². The maximum Gasteiger partial charge on any atom is 0.463 e. The highest BCUT2D eigenvalue weighted by Crippen LogP contribution is 2.40. The first-order chi connectivity index (χ1) is 16.6. The zero-order chi connectivity index (χ0) is 26.6. The molecule has 36 heavy (non-hydrogen) atoms. The van der Waals surface area contributed by atoms with Gasteiger partial charge in [-0.2, -0.15) is 30.7 Å². The summed E-state index contributed by atoms with van der Waals surface area (Å²) >= 11 is 0. The van der Waals surface area contributed by atoms with Crippen LogP contribution in [0.15, 0.2) is 22.6 Å². The molecule has 16 heteroatoms. The molecule has 1 aromatic carbocycles. The van der Waals surface area contributed by atoms with Crippen molar-refractivity contribution in [3.05, 3.63) is 35.2 Å². The second-order valence-corrected chi connectivity index (χ2v) is 8.37. The van der Waals surface area contributed by atoms with Gasteiger partial charge in [-0.25, -0.2) is 8.78 Å². The van der Waals surface area contributed by atoms with Crippen LogP contribution in [0.1, 0.15) is 47.5 Å². The van der Waals surface area contributed by atoms with Crippen molar-refractivity contribution in [1.82, 2.24) is 20.4 Å². The molecule has 4 rings (SSSR count). The zero-order valence-electron chi connectivity index (χ0n) is 17.8. The lowest BCUT2D eigenvalue weighted by Crippen LogP contribution is -2.61. The smallest absolute Gasteiger partial charge is 0.415 e. The Morgan fingerprint density at radius 3 is 2.47 bits per heavy atom. The highest BCUT2D eigenvalue weighted by Gasteiger charge is 2.64. The third-order valence-corrected chi connectivity index (χ3v) is 5.96. The van der Waals surface area contributed by atoms with Gasteiger partial charge in [0.15, 0.2) is 0 Å². The molecule has 1 fully saturated rings. The number of fused-ring (bicyclic) bond motifs is 1. The number of carbonyl (C=O) groups excluding carboxylic acids is 2. The van der Waals surface area contributed by atoms with Gasteiger partial charge in [0.1, 0.15) is 0 Å². The molecule has 0 bridgehead atoms. The maximum atomic E-state index is 14.0. The third kappa shape index (κ3) is 4.59. The fraction of sp³-hybridized carbons (Fsp3) is 0.500. The number of hydrogen-bond donors (Lipinski definition) is 1. The van der Waals surface area contributed by atoms with Crippen molar-refractivity contribution < 1.29 is 53.5 Å². The van der Waals surface area contributed by atoms with Crippen molar-refractivity contribution >= 4 is 11.8 Å². The fourth-order valence-electron chi connectivity index (χ4n) is 4.19. The number of halogens is 9. The summed E-state index contributed by atoms with van der Waals surface area (Å²) in [5, 5.41) is 7.98. The van der Waals surface area contributed by atoms with Crippen LogP contribution < -0.4 is 5.32 Å². The van der Waals surface area contributed by atoms with Gasteiger partial charge >= 0.3 is 24.4 Å². The Morgan fingerprint density at radius 2 is 1.86 bits per heavy atom. The molecular weight excluding hydrogens is 515 g/mol. The predicted octanol–water partition coefficient (Wildman–Crippen LogP) is 4.50. The Kier molecular flexibility index (Phi) is 6.19. The van der Waals surface area contributed by atoms with Gasteiger partial charge in [-0.15, -0.1) is 10.2 Å². The lowest BCUT2D eigenvalue weighted by atomic mass is 9.86. The molecule has 1 aliphatic carbocycles. The van der Waals surface area contributed by atoms with E-state index in [1.807, 2.05) is 0 Å². The van der Waals surface area contributed by atoms with Crippen molar-refractivity contribution in [2.24, 2.45) is 0 Å². The summed E-state index contributed by atoms with van der Waals surface area (Å²) in [6, 6.07) is 0.726. The van der Waals surface area contributed by atoms with Crippen LogP contribution >= 0.6 is 0 Å². The molecule has 1 N–H and O–H groups in total. The van der Waals surface area contributed by atoms with Crippen molar-refractivity contribution in [2.75, 3.05) is 0 Å². The van der Waals surface area contributed by atoms with Crippen molar-refractivity contribution in [2.45, 2.75) is 62.3 Å². The molecule has 7 nitrogen and oxygen atoms in total. The van der Waals surface area contributed by atoms with E-state index in [0.717, 1.165) is 4.90 Å². The first kappa shape index (κ1) is 25.8. The molecule has 2 aromatic rings. The lowest BCUT2D eigenvalue weighted by molar-refractivity contribution is -0.270. The molecule has 2 amide bonds. The van der Waals surface area contributed by atoms with Gasteiger partial charge in [0.25, 0.3) is 11.8 Å². The summed E-state index contributed by atoms with van der Waals surface area (Å²) in [7, 11) is 0. The van der Waals surface area contributed by atoms with Gasteiger partial charge in [-0.1, -0.05) is 6.07 Å². The van der Waals surface area contributed by atoms with E-state index in [4.69, 9.17) is 4.42 Å². The summed E-state index contributed by atoms with van der Waals surface area (Å²) in [6.07, 6.45) is -11.9. The number of hydrogen-bond acceptors (Lipinski definition) is 5. The second kappa shape index (κ2) is 8.65. The van der Waals surface area contributed by atoms with Crippen LogP contribution in [-0.4, -0.2) is 57.0 Å². The normalized spacial score (nSPS) is 22.2. The molecule has 0 unspecified atom stereocenters. The van der Waals surface area contributed by atoms with Crippen LogP contribution in [0.3, 0.4) is 0 Å². The molecule has 1 aliphatic heterocycles. The van der Waals surface area contributed by atoms with E-state index in [-0.39, 0.29) is 23.6 Å². The summed E-state index contributed by atoms with van der Waals surface area (Å²) in [5.74, 6) is -14.2. The van der Waals surface area contributed by atoms with E-state index in [0.29, 0.717) is 5.56 Å². The minimum absolute atomic E-state index is 0.0210. The lowest BCUT2D eigenvalue weighted by Gasteiger charge is -2.41. The Labute approximate surface area is 195 Å². The Balaban J connectivity index is 1.58. The van der Waals surface area contributed by atoms with Gasteiger partial charge < -0.3 is 14.6 Å². The second-order valence-electron chi connectivity index (χ2n) is 8.37. The summed E-state index contributed by atoms with van der Waals surface area (Å²) in [4.78, 5) is 25.7. The fourth-order valence-corrected chi connectivity index (χ4v) is 4.19. The van der Waals surface area contributed by atoms with E-state index >= 15 is 0 Å². The van der Waals surface area contributed by atoms with Gasteiger partial charge in [0.05, 0.1) is 12.1 Å². The molecule has 0 saturated heterocycles. The zero-order valence-corrected chi connectivity index (χ0v) is 17.8. The summed E-state index contributed by atoms with van der Waals surface area (Å²) < 4.78 is 123. The molecular formula is C20H15F9N4O3. The number of amides is 2. The quantitative estimate of drug-likeness (QED) is 0.576. The number of nitrogens with zero attached hydrogens (tertiary/aromatic N) is 3. The number of benzene rings is 1. The maximum absolute atomic E-state index is 14.0. The number of carbonyl (C=O) groups is 2. The van der Waals surface area contributed by atoms with Crippen LogP contribution in [0.4, 0.5) is 39.5 Å². The minimum Gasteiger partial charge on any atom is -0.415 e. The molecule has 2 aliphatic rings. The highest BCUT2D eigenvalue weighted by atomic mass is 19.4. The van der Waals surface area contributed by atoms with Crippen LogP contribution in [0.5, 0.6) is 0 Å². The third-order valence-electron chi connectivity index (χ3n) is 5.96. The van der Waals surface area contributed by atoms with E-state index < -0.39 is 73.5 Å². The van der Waals surface area contributed by atoms with E-state index in [9.17, 15) is 49.1 Å². The molecule has 196 valence electrons. The van der Waals surface area contributed by atoms with Crippen molar-refractivity contribution in [3.8, 4) is 11.5 Å². The van der Waals surface area contributed by atoms with Gasteiger partial charge in [-0.05, 0) is 24.1 Å². The van der Waals surface area contributed by atoms with E-state index in [2.05, 4.69) is 10.2 Å².